The molecular formula is C22H30N4O2. The molecule has 2 unspecified atom stereocenters. The van der Waals surface area contributed by atoms with Crippen LogP contribution in [0.2, 0.25) is 0 Å². The van der Waals surface area contributed by atoms with Crippen LogP contribution in [0.1, 0.15) is 50.0 Å². The van der Waals surface area contributed by atoms with E-state index in [0.29, 0.717) is 30.1 Å². The summed E-state index contributed by atoms with van der Waals surface area (Å²) in [5.74, 6) is 0.412. The molecule has 0 bridgehead atoms. The minimum Gasteiger partial charge on any atom is -0.386 e. The zero-order chi connectivity index (χ0) is 20.3. The summed E-state index contributed by atoms with van der Waals surface area (Å²) in [5, 5.41) is 13.2. The van der Waals surface area contributed by atoms with Crippen LogP contribution in [0.15, 0.2) is 42.7 Å². The van der Waals surface area contributed by atoms with Crippen molar-refractivity contribution in [1.29, 1.82) is 0 Å². The van der Waals surface area contributed by atoms with Gasteiger partial charge >= 0.3 is 0 Å². The lowest BCUT2D eigenvalue weighted by Gasteiger charge is -2.18. The highest BCUT2D eigenvalue weighted by Gasteiger charge is 2.29. The third-order valence-electron chi connectivity index (χ3n) is 5.49. The molecule has 2 aromatic rings. The van der Waals surface area contributed by atoms with Crippen molar-refractivity contribution in [2.75, 3.05) is 6.54 Å². The predicted molar refractivity (Wildman–Crippen MR) is 111 cm³/mol. The van der Waals surface area contributed by atoms with E-state index >= 15 is 0 Å². The highest BCUT2D eigenvalue weighted by Crippen LogP contribution is 2.26. The number of carbonyl (C=O) groups is 1. The molecule has 28 heavy (non-hydrogen) atoms. The van der Waals surface area contributed by atoms with E-state index in [0.717, 1.165) is 23.1 Å². The van der Waals surface area contributed by atoms with Crippen molar-refractivity contribution in [3.05, 3.63) is 53.9 Å². The molecule has 0 spiro atoms. The summed E-state index contributed by atoms with van der Waals surface area (Å²) in [5.41, 5.74) is 8.66. The highest BCUT2D eigenvalue weighted by molar-refractivity contribution is 5.95. The van der Waals surface area contributed by atoms with Gasteiger partial charge in [0.1, 0.15) is 0 Å². The first-order valence-electron chi connectivity index (χ1n) is 9.83. The molecule has 3 rings (SSSR count). The van der Waals surface area contributed by atoms with Crippen molar-refractivity contribution in [2.24, 2.45) is 5.92 Å². The van der Waals surface area contributed by atoms with Gasteiger partial charge in [0.25, 0.3) is 5.91 Å². The highest BCUT2D eigenvalue weighted by atomic mass is 16.3. The van der Waals surface area contributed by atoms with Gasteiger partial charge in [0.2, 0.25) is 0 Å². The summed E-state index contributed by atoms with van der Waals surface area (Å²) in [6, 6.07) is 10.2. The molecule has 1 aromatic carbocycles. The number of hydrazine groups is 1. The zero-order valence-electron chi connectivity index (χ0n) is 17.0. The summed E-state index contributed by atoms with van der Waals surface area (Å²) in [7, 11) is 0. The second kappa shape index (κ2) is 8.39. The van der Waals surface area contributed by atoms with E-state index in [1.165, 1.54) is 0 Å². The molecule has 6 nitrogen and oxygen atoms in total. The molecule has 1 aliphatic rings. The number of aliphatic hydroxyl groups is 1. The average Bonchev–Trinajstić information content (AvgIpc) is 2.99. The lowest BCUT2D eigenvalue weighted by Crippen LogP contribution is -2.30. The quantitative estimate of drug-likeness (QED) is 0.617. The number of pyridine rings is 1. The first-order valence-corrected chi connectivity index (χ1v) is 9.83. The molecule has 1 amide bonds. The van der Waals surface area contributed by atoms with E-state index in [-0.39, 0.29) is 5.91 Å². The molecule has 0 radical (unpaired) electrons. The molecule has 4 N–H and O–H groups in total. The predicted octanol–water partition coefficient (Wildman–Crippen LogP) is 2.60. The summed E-state index contributed by atoms with van der Waals surface area (Å²) in [6.07, 6.45) is 4.33. The van der Waals surface area contributed by atoms with Crippen LogP contribution in [-0.4, -0.2) is 34.6 Å². The number of nitrogens with one attached hydrogen (secondary N) is 3. The summed E-state index contributed by atoms with van der Waals surface area (Å²) in [4.78, 5) is 16.8. The first-order chi connectivity index (χ1) is 13.3. The Morgan fingerprint density at radius 2 is 1.86 bits per heavy atom. The normalized spacial score (nSPS) is 22.2. The van der Waals surface area contributed by atoms with Gasteiger partial charge in [-0.15, -0.1) is 0 Å². The second-order valence-corrected chi connectivity index (χ2v) is 8.18. The van der Waals surface area contributed by atoms with Gasteiger partial charge in [-0.05, 0) is 63.8 Å². The Morgan fingerprint density at radius 3 is 2.54 bits per heavy atom. The third kappa shape index (κ3) is 4.76. The van der Waals surface area contributed by atoms with E-state index in [1.807, 2.05) is 30.3 Å². The number of aromatic nitrogens is 1. The number of benzene rings is 1. The molecule has 2 atom stereocenters. The van der Waals surface area contributed by atoms with E-state index in [1.54, 1.807) is 26.2 Å². The lowest BCUT2D eigenvalue weighted by molar-refractivity contribution is 0.0782. The SMILES string of the molecule is CC1NNC(C)C1CCNC(=O)c1cccc(-c2cncc(C(C)(C)O)c2)c1. The number of hydrogen-bond acceptors (Lipinski definition) is 5. The molecule has 1 aliphatic heterocycles. The fourth-order valence-corrected chi connectivity index (χ4v) is 3.64. The van der Waals surface area contributed by atoms with Crippen LogP contribution in [0.4, 0.5) is 0 Å². The molecule has 6 heteroatoms. The molecule has 2 heterocycles. The maximum atomic E-state index is 12.6. The van der Waals surface area contributed by atoms with Gasteiger partial charge in [0.05, 0.1) is 5.60 Å². The van der Waals surface area contributed by atoms with E-state index < -0.39 is 5.60 Å². The Bertz CT molecular complexity index is 821. The fraction of sp³-hybridized carbons (Fsp3) is 0.455. The molecular weight excluding hydrogens is 352 g/mol. The molecule has 1 fully saturated rings. The Hall–Kier alpha value is -2.28. The van der Waals surface area contributed by atoms with Crippen molar-refractivity contribution < 1.29 is 9.90 Å². The smallest absolute Gasteiger partial charge is 0.251 e. The fourth-order valence-electron chi connectivity index (χ4n) is 3.64. The van der Waals surface area contributed by atoms with Gasteiger partial charge in [-0.1, -0.05) is 12.1 Å². The van der Waals surface area contributed by atoms with Gasteiger partial charge in [-0.25, -0.2) is 0 Å². The van der Waals surface area contributed by atoms with Crippen LogP contribution in [0.25, 0.3) is 11.1 Å². The molecule has 1 aromatic heterocycles. The van der Waals surface area contributed by atoms with E-state index in [2.05, 4.69) is 35.0 Å². The molecule has 0 saturated carbocycles. The maximum absolute atomic E-state index is 12.6. The number of rotatable bonds is 6. The van der Waals surface area contributed by atoms with Crippen molar-refractivity contribution in [3.63, 3.8) is 0 Å². The van der Waals surface area contributed by atoms with E-state index in [9.17, 15) is 9.90 Å². The van der Waals surface area contributed by atoms with Gasteiger partial charge in [-0.2, -0.15) is 0 Å². The van der Waals surface area contributed by atoms with Crippen LogP contribution in [-0.2, 0) is 5.60 Å². The van der Waals surface area contributed by atoms with Gasteiger partial charge in [-0.3, -0.25) is 20.6 Å². The summed E-state index contributed by atoms with van der Waals surface area (Å²) < 4.78 is 0. The van der Waals surface area contributed by atoms with Crippen molar-refractivity contribution in [3.8, 4) is 11.1 Å². The summed E-state index contributed by atoms with van der Waals surface area (Å²) in [6.45, 7) is 8.41. The van der Waals surface area contributed by atoms with Crippen molar-refractivity contribution in [1.82, 2.24) is 21.2 Å². The standard InChI is InChI=1S/C22H30N4O2/c1-14-20(15(2)26-25-14)8-9-24-21(27)17-7-5-6-16(10-17)18-11-19(13-23-12-18)22(3,4)28/h5-7,10-15,20,25-26,28H,8-9H2,1-4H3,(H,24,27). The molecule has 1 saturated heterocycles. The number of carbonyl (C=O) groups excluding carboxylic acids is 1. The lowest BCUT2D eigenvalue weighted by atomic mass is 9.93. The second-order valence-electron chi connectivity index (χ2n) is 8.18. The van der Waals surface area contributed by atoms with E-state index in [4.69, 9.17) is 0 Å². The Labute approximate surface area is 166 Å². The number of nitrogens with zero attached hydrogens (tertiary/aromatic N) is 1. The first kappa shape index (κ1) is 20.5. The van der Waals surface area contributed by atoms with Gasteiger partial charge in [0, 0.05) is 47.7 Å². The maximum Gasteiger partial charge on any atom is 0.251 e. The average molecular weight is 383 g/mol. The van der Waals surface area contributed by atoms with Crippen LogP contribution < -0.4 is 16.2 Å². The summed E-state index contributed by atoms with van der Waals surface area (Å²) >= 11 is 0. The Morgan fingerprint density at radius 1 is 1.14 bits per heavy atom. The van der Waals surface area contributed by atoms with Gasteiger partial charge in [0.15, 0.2) is 0 Å². The Balaban J connectivity index is 1.67. The van der Waals surface area contributed by atoms with Crippen LogP contribution in [0.5, 0.6) is 0 Å². The van der Waals surface area contributed by atoms with Crippen molar-refractivity contribution >= 4 is 5.91 Å². The third-order valence-corrected chi connectivity index (χ3v) is 5.49. The topological polar surface area (TPSA) is 86.3 Å². The Kier molecular flexibility index (Phi) is 6.13. The van der Waals surface area contributed by atoms with Gasteiger partial charge < -0.3 is 10.4 Å². The van der Waals surface area contributed by atoms with Crippen LogP contribution >= 0.6 is 0 Å². The molecule has 0 aliphatic carbocycles. The largest absolute Gasteiger partial charge is 0.386 e. The van der Waals surface area contributed by atoms with Crippen molar-refractivity contribution in [2.45, 2.75) is 51.8 Å². The number of amides is 1. The van der Waals surface area contributed by atoms with Crippen LogP contribution in [0, 0.1) is 5.92 Å². The monoisotopic (exact) mass is 382 g/mol. The molecule has 150 valence electrons. The number of hydrogen-bond donors (Lipinski definition) is 4. The minimum atomic E-state index is -0.962. The zero-order valence-corrected chi connectivity index (χ0v) is 17.0. The minimum absolute atomic E-state index is 0.0762. The van der Waals surface area contributed by atoms with Crippen LogP contribution in [0.3, 0.4) is 0 Å².